The van der Waals surface area contributed by atoms with Crippen molar-refractivity contribution in [1.29, 1.82) is 0 Å². The summed E-state index contributed by atoms with van der Waals surface area (Å²) in [7, 11) is 1.67. The first-order chi connectivity index (χ1) is 7.74. The molecule has 86 valence electrons. The molecule has 0 radical (unpaired) electrons. The summed E-state index contributed by atoms with van der Waals surface area (Å²) in [4.78, 5) is 5.20. The highest BCUT2D eigenvalue weighted by molar-refractivity contribution is 6.01. The molecule has 1 aromatic rings. The predicted molar refractivity (Wildman–Crippen MR) is 62.8 cm³/mol. The van der Waals surface area contributed by atoms with E-state index in [2.05, 4.69) is 11.2 Å². The molecule has 1 aromatic carbocycles. The molecule has 1 aliphatic rings. The topological polar surface area (TPSA) is 56.8 Å². The molecule has 4 nitrogen and oxygen atoms in total. The van der Waals surface area contributed by atoms with Crippen molar-refractivity contribution < 1.29 is 9.57 Å². The summed E-state index contributed by atoms with van der Waals surface area (Å²) in [5, 5.41) is 4.05. The van der Waals surface area contributed by atoms with Crippen molar-refractivity contribution in [1.82, 2.24) is 0 Å². The number of nitrogens with zero attached hydrogens (tertiary/aromatic N) is 1. The van der Waals surface area contributed by atoms with Crippen LogP contribution in [0.15, 0.2) is 23.4 Å². The fraction of sp³-hybridized carbons (Fsp3) is 0.417. The Bertz CT molecular complexity index is 415. The van der Waals surface area contributed by atoms with E-state index in [1.165, 1.54) is 0 Å². The van der Waals surface area contributed by atoms with E-state index >= 15 is 0 Å². The number of nitrogens with two attached hydrogens (primary N) is 1. The Morgan fingerprint density at radius 3 is 2.94 bits per heavy atom. The van der Waals surface area contributed by atoms with Crippen molar-refractivity contribution in [2.75, 3.05) is 13.7 Å². The van der Waals surface area contributed by atoms with E-state index in [4.69, 9.17) is 15.3 Å². The van der Waals surface area contributed by atoms with Gasteiger partial charge in [0.1, 0.15) is 11.9 Å². The highest BCUT2D eigenvalue weighted by Gasteiger charge is 2.20. The standard InChI is InChI=1S/C12H16N2O2/c1-8-5-9(3-4-12(8)15-2)11-6-10(7-13)16-14-11/h3-5,10H,6-7,13H2,1-2H3/t10-/m0/s1. The third-order valence-corrected chi connectivity index (χ3v) is 2.72. The summed E-state index contributed by atoms with van der Waals surface area (Å²) in [6.07, 6.45) is 0.805. The average molecular weight is 220 g/mol. The van der Waals surface area contributed by atoms with Crippen LogP contribution in [0.2, 0.25) is 0 Å². The van der Waals surface area contributed by atoms with Crippen LogP contribution in [0.3, 0.4) is 0 Å². The van der Waals surface area contributed by atoms with Crippen LogP contribution in [0.25, 0.3) is 0 Å². The third-order valence-electron chi connectivity index (χ3n) is 2.72. The third kappa shape index (κ3) is 2.02. The van der Waals surface area contributed by atoms with Gasteiger partial charge in [0.2, 0.25) is 0 Å². The molecule has 0 fully saturated rings. The number of hydrogen-bond donors (Lipinski definition) is 1. The number of hydrogen-bond acceptors (Lipinski definition) is 4. The first kappa shape index (κ1) is 11.0. The number of ether oxygens (including phenoxy) is 1. The van der Waals surface area contributed by atoms with Crippen molar-refractivity contribution in [2.24, 2.45) is 10.9 Å². The number of methoxy groups -OCH3 is 1. The Hall–Kier alpha value is -1.55. The van der Waals surface area contributed by atoms with Gasteiger partial charge in [0.25, 0.3) is 0 Å². The molecule has 0 bridgehead atoms. The lowest BCUT2D eigenvalue weighted by Crippen LogP contribution is -2.20. The van der Waals surface area contributed by atoms with E-state index in [1.54, 1.807) is 7.11 Å². The lowest BCUT2D eigenvalue weighted by atomic mass is 10.0. The van der Waals surface area contributed by atoms with Crippen molar-refractivity contribution >= 4 is 5.71 Å². The van der Waals surface area contributed by atoms with Gasteiger partial charge >= 0.3 is 0 Å². The van der Waals surface area contributed by atoms with Gasteiger partial charge in [-0.05, 0) is 36.2 Å². The van der Waals surface area contributed by atoms with Gasteiger partial charge in [-0.2, -0.15) is 0 Å². The minimum atomic E-state index is 0.0254. The van der Waals surface area contributed by atoms with Gasteiger partial charge in [-0.25, -0.2) is 0 Å². The van der Waals surface area contributed by atoms with Crippen LogP contribution in [0.4, 0.5) is 0 Å². The van der Waals surface area contributed by atoms with Gasteiger partial charge in [-0.15, -0.1) is 0 Å². The van der Waals surface area contributed by atoms with Crippen molar-refractivity contribution in [3.8, 4) is 5.75 Å². The minimum absolute atomic E-state index is 0.0254. The molecular weight excluding hydrogens is 204 g/mol. The van der Waals surface area contributed by atoms with Gasteiger partial charge < -0.3 is 15.3 Å². The fourth-order valence-electron chi connectivity index (χ4n) is 1.78. The van der Waals surface area contributed by atoms with Gasteiger partial charge in [-0.3, -0.25) is 0 Å². The normalized spacial score (nSPS) is 19.2. The highest BCUT2D eigenvalue weighted by Crippen LogP contribution is 2.22. The zero-order valence-electron chi connectivity index (χ0n) is 9.56. The molecule has 0 unspecified atom stereocenters. The fourth-order valence-corrected chi connectivity index (χ4v) is 1.78. The summed E-state index contributed by atoms with van der Waals surface area (Å²) < 4.78 is 5.21. The van der Waals surface area contributed by atoms with Gasteiger partial charge in [0.15, 0.2) is 0 Å². The summed E-state index contributed by atoms with van der Waals surface area (Å²) in [6, 6.07) is 6.00. The van der Waals surface area contributed by atoms with Crippen LogP contribution in [0.1, 0.15) is 17.5 Å². The summed E-state index contributed by atoms with van der Waals surface area (Å²) in [5.41, 5.74) is 8.66. The first-order valence-corrected chi connectivity index (χ1v) is 5.32. The lowest BCUT2D eigenvalue weighted by molar-refractivity contribution is 0.0918. The molecule has 1 atom stereocenters. The molecule has 0 aromatic heterocycles. The van der Waals surface area contributed by atoms with E-state index in [1.807, 2.05) is 19.1 Å². The van der Waals surface area contributed by atoms with E-state index in [0.717, 1.165) is 29.0 Å². The molecular formula is C12H16N2O2. The predicted octanol–water partition coefficient (Wildman–Crippen LogP) is 1.46. The van der Waals surface area contributed by atoms with Crippen LogP contribution < -0.4 is 10.5 Å². The summed E-state index contributed by atoms with van der Waals surface area (Å²) in [6.45, 7) is 2.52. The van der Waals surface area contributed by atoms with E-state index < -0.39 is 0 Å². The van der Waals surface area contributed by atoms with E-state index in [0.29, 0.717) is 6.54 Å². The zero-order chi connectivity index (χ0) is 11.5. The number of aryl methyl sites for hydroxylation is 1. The quantitative estimate of drug-likeness (QED) is 0.838. The Balaban J connectivity index is 2.20. The summed E-state index contributed by atoms with van der Waals surface area (Å²) in [5.74, 6) is 0.888. The molecule has 0 spiro atoms. The van der Waals surface area contributed by atoms with Gasteiger partial charge in [0.05, 0.1) is 12.8 Å². The van der Waals surface area contributed by atoms with Crippen molar-refractivity contribution in [3.05, 3.63) is 29.3 Å². The minimum Gasteiger partial charge on any atom is -0.496 e. The molecule has 1 aliphatic heterocycles. The van der Waals surface area contributed by atoms with Crippen molar-refractivity contribution in [3.63, 3.8) is 0 Å². The molecule has 0 saturated carbocycles. The average Bonchev–Trinajstić information content (AvgIpc) is 2.77. The van der Waals surface area contributed by atoms with E-state index in [-0.39, 0.29) is 6.10 Å². The molecule has 0 aliphatic carbocycles. The smallest absolute Gasteiger partial charge is 0.145 e. The van der Waals surface area contributed by atoms with Crippen LogP contribution in [-0.2, 0) is 4.84 Å². The molecule has 0 amide bonds. The maximum atomic E-state index is 5.53. The Morgan fingerprint density at radius 2 is 2.38 bits per heavy atom. The number of rotatable bonds is 3. The molecule has 4 heteroatoms. The zero-order valence-corrected chi connectivity index (χ0v) is 9.56. The first-order valence-electron chi connectivity index (χ1n) is 5.32. The lowest BCUT2D eigenvalue weighted by Gasteiger charge is -2.06. The largest absolute Gasteiger partial charge is 0.496 e. The molecule has 0 saturated heterocycles. The van der Waals surface area contributed by atoms with Gasteiger partial charge in [0, 0.05) is 13.0 Å². The SMILES string of the molecule is COc1ccc(C2=NO[C@H](CN)C2)cc1C. The van der Waals surface area contributed by atoms with Crippen molar-refractivity contribution in [2.45, 2.75) is 19.4 Å². The number of benzene rings is 1. The van der Waals surface area contributed by atoms with Crippen LogP contribution in [0, 0.1) is 6.92 Å². The van der Waals surface area contributed by atoms with Crippen LogP contribution in [-0.4, -0.2) is 25.5 Å². The summed E-state index contributed by atoms with van der Waals surface area (Å²) >= 11 is 0. The Labute approximate surface area is 95.0 Å². The molecule has 2 rings (SSSR count). The second kappa shape index (κ2) is 4.53. The maximum Gasteiger partial charge on any atom is 0.145 e. The molecule has 16 heavy (non-hydrogen) atoms. The molecule has 1 heterocycles. The van der Waals surface area contributed by atoms with Crippen LogP contribution >= 0.6 is 0 Å². The second-order valence-corrected chi connectivity index (χ2v) is 3.89. The Morgan fingerprint density at radius 1 is 1.56 bits per heavy atom. The van der Waals surface area contributed by atoms with E-state index in [9.17, 15) is 0 Å². The Kier molecular flexibility index (Phi) is 3.10. The van der Waals surface area contributed by atoms with Crippen LogP contribution in [0.5, 0.6) is 5.75 Å². The van der Waals surface area contributed by atoms with Gasteiger partial charge in [-0.1, -0.05) is 5.16 Å². The number of oxime groups is 1. The molecule has 2 N–H and O–H groups in total. The maximum absolute atomic E-state index is 5.53. The second-order valence-electron chi connectivity index (χ2n) is 3.89. The highest BCUT2D eigenvalue weighted by atomic mass is 16.6. The monoisotopic (exact) mass is 220 g/mol.